The van der Waals surface area contributed by atoms with Crippen LogP contribution < -0.4 is 5.32 Å². The molecule has 1 N–H and O–H groups in total. The minimum Gasteiger partial charge on any atom is -0.352 e. The Morgan fingerprint density at radius 1 is 1.21 bits per heavy atom. The third-order valence-corrected chi connectivity index (χ3v) is 7.43. The zero-order valence-corrected chi connectivity index (χ0v) is 17.8. The highest BCUT2D eigenvalue weighted by Gasteiger charge is 2.33. The van der Waals surface area contributed by atoms with E-state index in [1.807, 2.05) is 6.92 Å². The summed E-state index contributed by atoms with van der Waals surface area (Å²) in [4.78, 5) is 12.6. The van der Waals surface area contributed by atoms with Gasteiger partial charge in [-0.2, -0.15) is 4.31 Å². The minimum absolute atomic E-state index is 0.0451. The van der Waals surface area contributed by atoms with Crippen molar-refractivity contribution in [2.24, 2.45) is 0 Å². The monoisotopic (exact) mass is 438 g/mol. The molecule has 0 aromatic heterocycles. The van der Waals surface area contributed by atoms with Crippen LogP contribution in [0.4, 0.5) is 4.39 Å². The summed E-state index contributed by atoms with van der Waals surface area (Å²) >= 11 is 5.93. The first kappa shape index (κ1) is 21.7. The minimum atomic E-state index is -3.60. The number of rotatable bonds is 6. The highest BCUT2D eigenvalue weighted by molar-refractivity contribution is 7.89. The highest BCUT2D eigenvalue weighted by atomic mass is 35.5. The van der Waals surface area contributed by atoms with Crippen molar-refractivity contribution in [3.63, 3.8) is 0 Å². The Balaban J connectivity index is 1.67. The Morgan fingerprint density at radius 3 is 2.62 bits per heavy atom. The van der Waals surface area contributed by atoms with E-state index in [0.717, 1.165) is 24.8 Å². The fourth-order valence-electron chi connectivity index (χ4n) is 3.58. The number of nitrogens with one attached hydrogen (secondary N) is 1. The zero-order chi connectivity index (χ0) is 21.0. The summed E-state index contributed by atoms with van der Waals surface area (Å²) in [5.74, 6) is -1.28. The number of aryl methyl sites for hydroxylation is 1. The molecule has 0 spiro atoms. The van der Waals surface area contributed by atoms with E-state index >= 15 is 0 Å². The molecule has 8 heteroatoms. The van der Waals surface area contributed by atoms with Crippen molar-refractivity contribution in [2.45, 2.75) is 43.5 Å². The molecule has 0 saturated carbocycles. The average Bonchev–Trinajstić information content (AvgIpc) is 2.68. The molecular weight excluding hydrogens is 415 g/mol. The number of carbonyl (C=O) groups is 1. The Bertz CT molecular complexity index is 960. The maximum absolute atomic E-state index is 13.9. The van der Waals surface area contributed by atoms with Gasteiger partial charge in [0.15, 0.2) is 0 Å². The third-order valence-electron chi connectivity index (χ3n) is 5.15. The van der Waals surface area contributed by atoms with Crippen molar-refractivity contribution in [3.8, 4) is 0 Å². The predicted molar refractivity (Wildman–Crippen MR) is 111 cm³/mol. The van der Waals surface area contributed by atoms with Gasteiger partial charge in [-0.3, -0.25) is 4.79 Å². The van der Waals surface area contributed by atoms with Crippen molar-refractivity contribution < 1.29 is 17.6 Å². The normalized spacial score (nSPS) is 17.8. The Hall–Kier alpha value is -1.96. The standard InChI is InChI=1S/C21H24ClFN2O3S/c1-15-8-10-17(11-9-15)29(27,28)25-14-3-2-5-16(25)12-13-24-21(26)20-18(22)6-4-7-19(20)23/h4,6-11,16H,2-3,5,12-14H2,1H3,(H,24,26). The van der Waals surface area contributed by atoms with Crippen LogP contribution in [0, 0.1) is 12.7 Å². The number of nitrogens with zero attached hydrogens (tertiary/aromatic N) is 1. The summed E-state index contributed by atoms with van der Waals surface area (Å²) in [6.07, 6.45) is 2.90. The lowest BCUT2D eigenvalue weighted by Gasteiger charge is -2.34. The molecule has 2 aromatic carbocycles. The van der Waals surface area contributed by atoms with Crippen molar-refractivity contribution >= 4 is 27.5 Å². The maximum Gasteiger partial charge on any atom is 0.255 e. The first-order valence-electron chi connectivity index (χ1n) is 9.61. The van der Waals surface area contributed by atoms with E-state index in [-0.39, 0.29) is 28.1 Å². The van der Waals surface area contributed by atoms with E-state index in [0.29, 0.717) is 13.0 Å². The SMILES string of the molecule is Cc1ccc(S(=O)(=O)N2CCCCC2CCNC(=O)c2c(F)cccc2Cl)cc1. The summed E-state index contributed by atoms with van der Waals surface area (Å²) in [5, 5.41) is 2.71. The molecule has 1 unspecified atom stereocenters. The number of benzene rings is 2. The van der Waals surface area contributed by atoms with E-state index in [4.69, 9.17) is 11.6 Å². The van der Waals surface area contributed by atoms with Crippen LogP contribution in [0.2, 0.25) is 5.02 Å². The second-order valence-corrected chi connectivity index (χ2v) is 9.52. The smallest absolute Gasteiger partial charge is 0.255 e. The van der Waals surface area contributed by atoms with Crippen LogP contribution in [-0.2, 0) is 10.0 Å². The molecule has 1 fully saturated rings. The third kappa shape index (κ3) is 4.97. The van der Waals surface area contributed by atoms with Crippen LogP contribution in [0.5, 0.6) is 0 Å². The summed E-state index contributed by atoms with van der Waals surface area (Å²) in [6, 6.07) is 10.7. The van der Waals surface area contributed by atoms with Crippen LogP contribution >= 0.6 is 11.6 Å². The van der Waals surface area contributed by atoms with Gasteiger partial charge in [-0.05, 0) is 50.5 Å². The van der Waals surface area contributed by atoms with Gasteiger partial charge in [0, 0.05) is 19.1 Å². The van der Waals surface area contributed by atoms with E-state index in [9.17, 15) is 17.6 Å². The van der Waals surface area contributed by atoms with Gasteiger partial charge < -0.3 is 5.32 Å². The molecule has 29 heavy (non-hydrogen) atoms. The quantitative estimate of drug-likeness (QED) is 0.736. The number of halogens is 2. The lowest BCUT2D eigenvalue weighted by atomic mass is 10.0. The molecule has 2 aromatic rings. The average molecular weight is 439 g/mol. The summed E-state index contributed by atoms with van der Waals surface area (Å²) in [7, 11) is -3.60. The molecule has 5 nitrogen and oxygen atoms in total. The van der Waals surface area contributed by atoms with E-state index in [2.05, 4.69) is 5.32 Å². The molecule has 1 amide bonds. The van der Waals surface area contributed by atoms with Crippen LogP contribution in [0.3, 0.4) is 0 Å². The summed E-state index contributed by atoms with van der Waals surface area (Å²) in [6.45, 7) is 2.59. The second-order valence-electron chi connectivity index (χ2n) is 7.22. The van der Waals surface area contributed by atoms with E-state index < -0.39 is 21.7 Å². The van der Waals surface area contributed by atoms with E-state index in [1.165, 1.54) is 22.5 Å². The highest BCUT2D eigenvalue weighted by Crippen LogP contribution is 2.27. The Kier molecular flexibility index (Phi) is 6.93. The van der Waals surface area contributed by atoms with Gasteiger partial charge in [0.1, 0.15) is 5.82 Å². The fraction of sp³-hybridized carbons (Fsp3) is 0.381. The molecule has 1 aliphatic heterocycles. The number of hydrogen-bond acceptors (Lipinski definition) is 3. The van der Waals surface area contributed by atoms with E-state index in [1.54, 1.807) is 24.3 Å². The van der Waals surface area contributed by atoms with Crippen molar-refractivity contribution in [2.75, 3.05) is 13.1 Å². The molecule has 0 aliphatic carbocycles. The largest absolute Gasteiger partial charge is 0.352 e. The van der Waals surface area contributed by atoms with Gasteiger partial charge in [-0.25, -0.2) is 12.8 Å². The number of amides is 1. The van der Waals surface area contributed by atoms with Crippen molar-refractivity contribution in [3.05, 3.63) is 64.4 Å². The number of sulfonamides is 1. The number of carbonyl (C=O) groups excluding carboxylic acids is 1. The summed E-state index contributed by atoms with van der Waals surface area (Å²) < 4.78 is 41.6. The molecule has 3 rings (SSSR count). The van der Waals surface area contributed by atoms with Crippen molar-refractivity contribution in [1.82, 2.24) is 9.62 Å². The lowest BCUT2D eigenvalue weighted by molar-refractivity contribution is 0.0945. The molecule has 156 valence electrons. The molecule has 1 heterocycles. The van der Waals surface area contributed by atoms with Gasteiger partial charge in [0.2, 0.25) is 10.0 Å². The van der Waals surface area contributed by atoms with Crippen LogP contribution in [-0.4, -0.2) is 37.8 Å². The first-order valence-corrected chi connectivity index (χ1v) is 11.4. The molecular formula is C21H24ClFN2O3S. The number of hydrogen-bond donors (Lipinski definition) is 1. The second kappa shape index (κ2) is 9.24. The van der Waals surface area contributed by atoms with Gasteiger partial charge in [-0.1, -0.05) is 41.8 Å². The first-order chi connectivity index (χ1) is 13.8. The zero-order valence-electron chi connectivity index (χ0n) is 16.2. The predicted octanol–water partition coefficient (Wildman–Crippen LogP) is 4.15. The fourth-order valence-corrected chi connectivity index (χ4v) is 5.55. The van der Waals surface area contributed by atoms with Gasteiger partial charge in [0.25, 0.3) is 5.91 Å². The van der Waals surface area contributed by atoms with Crippen LogP contribution in [0.1, 0.15) is 41.6 Å². The lowest BCUT2D eigenvalue weighted by Crippen LogP contribution is -2.45. The summed E-state index contributed by atoms with van der Waals surface area (Å²) in [5.41, 5.74) is 0.801. The van der Waals surface area contributed by atoms with Crippen LogP contribution in [0.15, 0.2) is 47.4 Å². The molecule has 0 bridgehead atoms. The topological polar surface area (TPSA) is 66.5 Å². The maximum atomic E-state index is 13.9. The van der Waals surface area contributed by atoms with Crippen LogP contribution in [0.25, 0.3) is 0 Å². The molecule has 1 aliphatic rings. The van der Waals surface area contributed by atoms with Crippen molar-refractivity contribution in [1.29, 1.82) is 0 Å². The Labute approximate surface area is 175 Å². The van der Waals surface area contributed by atoms with Gasteiger partial charge in [-0.15, -0.1) is 0 Å². The van der Waals surface area contributed by atoms with Gasteiger partial charge >= 0.3 is 0 Å². The van der Waals surface area contributed by atoms with Gasteiger partial charge in [0.05, 0.1) is 15.5 Å². The molecule has 1 saturated heterocycles. The Morgan fingerprint density at radius 2 is 1.93 bits per heavy atom. The molecule has 0 radical (unpaired) electrons. The number of piperidine rings is 1. The molecule has 1 atom stereocenters.